The monoisotopic (exact) mass is 237 g/mol. The Morgan fingerprint density at radius 2 is 2.29 bits per heavy atom. The summed E-state index contributed by atoms with van der Waals surface area (Å²) in [5.41, 5.74) is 0. The Bertz CT molecular complexity index is 350. The first-order valence-electron chi connectivity index (χ1n) is 6.37. The third-order valence-corrected chi connectivity index (χ3v) is 3.23. The van der Waals surface area contributed by atoms with Gasteiger partial charge in [0, 0.05) is 0 Å². The molecule has 1 fully saturated rings. The fraction of sp³-hybridized carbons (Fsp3) is 0.571. The molecule has 1 aliphatic rings. The number of para-hydroxylation sites is 1. The second-order valence-electron chi connectivity index (χ2n) is 4.81. The standard InChI is InChI=1S/C14H20FNO/c1-11(9-12-5-4-8-16-10-12)17-14-7-3-2-6-13(14)15/h2-3,6-7,11-12,16H,4-5,8-10H2,1H3. The summed E-state index contributed by atoms with van der Waals surface area (Å²) < 4.78 is 19.0. The van der Waals surface area contributed by atoms with Crippen LogP contribution in [-0.2, 0) is 0 Å². The molecule has 1 aromatic rings. The summed E-state index contributed by atoms with van der Waals surface area (Å²) in [5, 5.41) is 3.39. The molecule has 0 aliphatic carbocycles. The van der Waals surface area contributed by atoms with E-state index in [1.165, 1.54) is 18.9 Å². The fourth-order valence-electron chi connectivity index (χ4n) is 2.40. The molecule has 1 aliphatic heterocycles. The zero-order valence-electron chi connectivity index (χ0n) is 10.3. The molecule has 0 amide bonds. The van der Waals surface area contributed by atoms with Crippen molar-refractivity contribution in [1.29, 1.82) is 0 Å². The highest BCUT2D eigenvalue weighted by Gasteiger charge is 2.17. The molecule has 0 saturated carbocycles. The lowest BCUT2D eigenvalue weighted by molar-refractivity contribution is 0.167. The van der Waals surface area contributed by atoms with Gasteiger partial charge in [-0.1, -0.05) is 12.1 Å². The summed E-state index contributed by atoms with van der Waals surface area (Å²) in [4.78, 5) is 0. The molecule has 1 N–H and O–H groups in total. The van der Waals surface area contributed by atoms with Crippen LogP contribution in [0.1, 0.15) is 26.2 Å². The van der Waals surface area contributed by atoms with E-state index in [4.69, 9.17) is 4.74 Å². The topological polar surface area (TPSA) is 21.3 Å². The summed E-state index contributed by atoms with van der Waals surface area (Å²) in [7, 11) is 0. The van der Waals surface area contributed by atoms with Crippen molar-refractivity contribution in [3.05, 3.63) is 30.1 Å². The molecule has 2 nitrogen and oxygen atoms in total. The van der Waals surface area contributed by atoms with Crippen LogP contribution < -0.4 is 10.1 Å². The number of nitrogens with one attached hydrogen (secondary N) is 1. The molecular weight excluding hydrogens is 217 g/mol. The molecule has 0 radical (unpaired) electrons. The van der Waals surface area contributed by atoms with E-state index in [0.717, 1.165) is 19.5 Å². The molecule has 3 heteroatoms. The van der Waals surface area contributed by atoms with Crippen LogP contribution in [0.4, 0.5) is 4.39 Å². The van der Waals surface area contributed by atoms with Crippen LogP contribution in [0.15, 0.2) is 24.3 Å². The first-order chi connectivity index (χ1) is 8.25. The molecule has 1 heterocycles. The van der Waals surface area contributed by atoms with Gasteiger partial charge in [-0.3, -0.25) is 0 Å². The van der Waals surface area contributed by atoms with Crippen LogP contribution >= 0.6 is 0 Å². The van der Waals surface area contributed by atoms with Crippen molar-refractivity contribution in [2.75, 3.05) is 13.1 Å². The van der Waals surface area contributed by atoms with E-state index in [1.54, 1.807) is 18.2 Å². The molecule has 94 valence electrons. The van der Waals surface area contributed by atoms with Crippen molar-refractivity contribution in [3.63, 3.8) is 0 Å². The number of hydrogen-bond donors (Lipinski definition) is 1. The number of rotatable bonds is 4. The normalized spacial score (nSPS) is 22.1. The third kappa shape index (κ3) is 3.70. The predicted molar refractivity (Wildman–Crippen MR) is 66.7 cm³/mol. The maximum Gasteiger partial charge on any atom is 0.165 e. The Hall–Kier alpha value is -1.09. The van der Waals surface area contributed by atoms with E-state index in [-0.39, 0.29) is 11.9 Å². The van der Waals surface area contributed by atoms with Crippen molar-refractivity contribution < 1.29 is 9.13 Å². The number of ether oxygens (including phenoxy) is 1. The highest BCUT2D eigenvalue weighted by molar-refractivity contribution is 5.23. The Balaban J connectivity index is 1.84. The fourth-order valence-corrected chi connectivity index (χ4v) is 2.40. The summed E-state index contributed by atoms with van der Waals surface area (Å²) >= 11 is 0. The summed E-state index contributed by atoms with van der Waals surface area (Å²) in [6.07, 6.45) is 3.54. The van der Waals surface area contributed by atoms with Crippen LogP contribution in [0.2, 0.25) is 0 Å². The van der Waals surface area contributed by atoms with E-state index in [0.29, 0.717) is 11.7 Å². The van der Waals surface area contributed by atoms with Crippen molar-refractivity contribution >= 4 is 0 Å². The highest BCUT2D eigenvalue weighted by Crippen LogP contribution is 2.22. The molecule has 2 unspecified atom stereocenters. The number of piperidine rings is 1. The molecule has 0 spiro atoms. The van der Waals surface area contributed by atoms with E-state index < -0.39 is 0 Å². The van der Waals surface area contributed by atoms with Gasteiger partial charge in [-0.05, 0) is 57.3 Å². The van der Waals surface area contributed by atoms with Gasteiger partial charge in [-0.2, -0.15) is 0 Å². The minimum Gasteiger partial charge on any atom is -0.488 e. The number of benzene rings is 1. The Morgan fingerprint density at radius 3 is 3.00 bits per heavy atom. The van der Waals surface area contributed by atoms with Crippen molar-refractivity contribution in [2.24, 2.45) is 5.92 Å². The molecule has 1 aromatic carbocycles. The second kappa shape index (κ2) is 6.01. The minimum absolute atomic E-state index is 0.0665. The lowest BCUT2D eigenvalue weighted by Crippen LogP contribution is -2.32. The van der Waals surface area contributed by atoms with Gasteiger partial charge in [-0.25, -0.2) is 4.39 Å². The third-order valence-electron chi connectivity index (χ3n) is 3.23. The van der Waals surface area contributed by atoms with Gasteiger partial charge in [-0.15, -0.1) is 0 Å². The van der Waals surface area contributed by atoms with Crippen molar-refractivity contribution in [3.8, 4) is 5.75 Å². The zero-order chi connectivity index (χ0) is 12.1. The molecule has 0 aromatic heterocycles. The van der Waals surface area contributed by atoms with Crippen LogP contribution in [0.3, 0.4) is 0 Å². The maximum absolute atomic E-state index is 13.4. The second-order valence-corrected chi connectivity index (χ2v) is 4.81. The predicted octanol–water partition coefficient (Wildman–Crippen LogP) is 2.98. The lowest BCUT2D eigenvalue weighted by atomic mass is 9.94. The average Bonchev–Trinajstić information content (AvgIpc) is 2.33. The molecular formula is C14H20FNO. The summed E-state index contributed by atoms with van der Waals surface area (Å²) in [5.74, 6) is 0.746. The molecule has 2 atom stereocenters. The van der Waals surface area contributed by atoms with Crippen LogP contribution in [0.5, 0.6) is 5.75 Å². The smallest absolute Gasteiger partial charge is 0.165 e. The zero-order valence-corrected chi connectivity index (χ0v) is 10.3. The molecule has 1 saturated heterocycles. The summed E-state index contributed by atoms with van der Waals surface area (Å²) in [6, 6.07) is 6.60. The van der Waals surface area contributed by atoms with E-state index in [2.05, 4.69) is 5.32 Å². The number of halogens is 1. The van der Waals surface area contributed by atoms with Crippen LogP contribution in [-0.4, -0.2) is 19.2 Å². The summed E-state index contributed by atoms with van der Waals surface area (Å²) in [6.45, 7) is 4.20. The van der Waals surface area contributed by atoms with Gasteiger partial charge in [0.1, 0.15) is 0 Å². The maximum atomic E-state index is 13.4. The van der Waals surface area contributed by atoms with Gasteiger partial charge in [0.2, 0.25) is 0 Å². The van der Waals surface area contributed by atoms with E-state index in [9.17, 15) is 4.39 Å². The average molecular weight is 237 g/mol. The van der Waals surface area contributed by atoms with Gasteiger partial charge < -0.3 is 10.1 Å². The number of hydrogen-bond acceptors (Lipinski definition) is 2. The molecule has 0 bridgehead atoms. The minimum atomic E-state index is -0.277. The van der Waals surface area contributed by atoms with E-state index in [1.807, 2.05) is 6.92 Å². The van der Waals surface area contributed by atoms with Gasteiger partial charge in [0.15, 0.2) is 11.6 Å². The first kappa shape index (κ1) is 12.4. The SMILES string of the molecule is CC(CC1CCCNC1)Oc1ccccc1F. The quantitative estimate of drug-likeness (QED) is 0.869. The lowest BCUT2D eigenvalue weighted by Gasteiger charge is -2.25. The van der Waals surface area contributed by atoms with Crippen molar-refractivity contribution in [1.82, 2.24) is 5.32 Å². The Morgan fingerprint density at radius 1 is 1.47 bits per heavy atom. The van der Waals surface area contributed by atoms with Gasteiger partial charge in [0.05, 0.1) is 6.10 Å². The highest BCUT2D eigenvalue weighted by atomic mass is 19.1. The van der Waals surface area contributed by atoms with Gasteiger partial charge >= 0.3 is 0 Å². The first-order valence-corrected chi connectivity index (χ1v) is 6.37. The molecule has 17 heavy (non-hydrogen) atoms. The van der Waals surface area contributed by atoms with E-state index >= 15 is 0 Å². The largest absolute Gasteiger partial charge is 0.488 e. The van der Waals surface area contributed by atoms with Crippen LogP contribution in [0, 0.1) is 11.7 Å². The van der Waals surface area contributed by atoms with Gasteiger partial charge in [0.25, 0.3) is 0 Å². The van der Waals surface area contributed by atoms with Crippen molar-refractivity contribution in [2.45, 2.75) is 32.3 Å². The Labute approximate surface area is 102 Å². The molecule has 2 rings (SSSR count). The van der Waals surface area contributed by atoms with Crippen LogP contribution in [0.25, 0.3) is 0 Å². The Kier molecular flexibility index (Phi) is 4.37.